The fraction of sp³-hybridized carbons (Fsp3) is 0.450. The van der Waals surface area contributed by atoms with Crippen LogP contribution >= 0.6 is 0 Å². The molecule has 2 aromatic carbocycles. The number of hydrogen-bond donors (Lipinski definition) is 3. The number of rotatable bonds is 24. The minimum atomic E-state index is -1.29. The quantitative estimate of drug-likeness (QED) is 0.0368. The number of carbonyl (C=O) groups is 6. The molecule has 15 nitrogen and oxygen atoms in total. The zero-order valence-electron chi connectivity index (χ0n) is 32.1. The highest BCUT2D eigenvalue weighted by Gasteiger charge is 2.32. The number of hydrogen-bond acceptors (Lipinski definition) is 11. The zero-order valence-corrected chi connectivity index (χ0v) is 32.1. The second-order valence-corrected chi connectivity index (χ2v) is 12.5. The number of unbranched alkanes of at least 4 members (excludes halogenated alkanes) is 3. The number of methoxy groups -OCH3 is 2. The van der Waals surface area contributed by atoms with E-state index >= 15 is 0 Å². The van der Waals surface area contributed by atoms with Gasteiger partial charge in [-0.2, -0.15) is 0 Å². The van der Waals surface area contributed by atoms with Crippen molar-refractivity contribution in [3.05, 3.63) is 77.6 Å². The maximum Gasteiger partial charge on any atom is 0.328 e. The molecule has 0 spiro atoms. The fourth-order valence-electron chi connectivity index (χ4n) is 5.86. The van der Waals surface area contributed by atoms with Crippen LogP contribution in [-0.4, -0.2) is 80.7 Å². The number of ether oxygens (including phenoxy) is 3. The average Bonchev–Trinajstić information content (AvgIpc) is 3.70. The van der Waals surface area contributed by atoms with Crippen LogP contribution in [0.1, 0.15) is 92.2 Å². The van der Waals surface area contributed by atoms with Crippen molar-refractivity contribution in [2.75, 3.05) is 27.5 Å². The van der Waals surface area contributed by atoms with Crippen molar-refractivity contribution < 1.29 is 52.2 Å². The first-order valence-electron chi connectivity index (χ1n) is 18.4. The van der Waals surface area contributed by atoms with E-state index in [1.165, 1.54) is 17.2 Å². The summed E-state index contributed by atoms with van der Waals surface area (Å²) in [6.45, 7) is 5.91. The van der Waals surface area contributed by atoms with E-state index in [2.05, 4.69) is 27.6 Å². The summed E-state index contributed by atoms with van der Waals surface area (Å²) in [5.41, 5.74) is 1.45. The number of amides is 4. The molecular formula is C40H52N4O11. The molecule has 0 fully saturated rings. The molecule has 0 radical (unpaired) electrons. The van der Waals surface area contributed by atoms with Crippen LogP contribution in [0.15, 0.2) is 65.1 Å². The van der Waals surface area contributed by atoms with Crippen molar-refractivity contribution in [1.82, 2.24) is 21.0 Å². The van der Waals surface area contributed by atoms with Gasteiger partial charge in [0, 0.05) is 5.56 Å². The van der Waals surface area contributed by atoms with Crippen molar-refractivity contribution in [2.45, 2.75) is 84.4 Å². The lowest BCUT2D eigenvalue weighted by molar-refractivity contribution is -0.200. The summed E-state index contributed by atoms with van der Waals surface area (Å²) in [5.74, 6) is -3.29. The first kappa shape index (κ1) is 43.7. The molecule has 55 heavy (non-hydrogen) atoms. The van der Waals surface area contributed by atoms with Crippen molar-refractivity contribution in [1.29, 1.82) is 0 Å². The standard InChI is InChI=1S/C40H52N4O11/c1-6-9-10-14-17-29(32(7-2)44(26-45)54-24-27-15-12-11-13-16-27)37(47)41-25-42-39(49)34-21-20-33(55-34)28-18-19-30(35(22-28)53-8-3)38(48)43-31(40(50)52-5)23-36(46)51-4/h11-13,15-16,18-22,26,29,31-32H,6-10,14,17,23-25H2,1-5H3,(H,41,47)(H,42,49)(H,43,48)/t29-,31+,32-/m1/s1. The van der Waals surface area contributed by atoms with Gasteiger partial charge in [0.25, 0.3) is 11.8 Å². The van der Waals surface area contributed by atoms with E-state index in [4.69, 9.17) is 18.7 Å². The molecule has 0 bridgehead atoms. The number of carbonyl (C=O) groups excluding carboxylic acids is 6. The lowest BCUT2D eigenvalue weighted by atomic mass is 9.90. The third kappa shape index (κ3) is 13.3. The summed E-state index contributed by atoms with van der Waals surface area (Å²) in [6.07, 6.45) is 4.96. The van der Waals surface area contributed by atoms with E-state index in [9.17, 15) is 28.8 Å². The van der Waals surface area contributed by atoms with Crippen LogP contribution in [0, 0.1) is 5.92 Å². The van der Waals surface area contributed by atoms with Crippen molar-refractivity contribution in [3.8, 4) is 17.1 Å². The van der Waals surface area contributed by atoms with Gasteiger partial charge in [-0.1, -0.05) is 75.9 Å². The SMILES string of the molecule is CCCCCC[C@@H](C(=O)NCNC(=O)c1ccc(-c2ccc(C(=O)N[C@@H](CC(=O)OC)C(=O)OC)c(OCC)c2)o1)[C@@H](CC)N(C=O)OCc1ccccc1. The normalized spacial score (nSPS) is 12.4. The lowest BCUT2D eigenvalue weighted by Crippen LogP contribution is -2.48. The molecule has 1 heterocycles. The molecule has 0 aliphatic rings. The van der Waals surface area contributed by atoms with Crippen molar-refractivity contribution >= 4 is 36.1 Å². The van der Waals surface area contributed by atoms with Gasteiger partial charge in [-0.3, -0.25) is 28.8 Å². The second-order valence-electron chi connectivity index (χ2n) is 12.5. The van der Waals surface area contributed by atoms with Gasteiger partial charge in [0.1, 0.15) is 24.2 Å². The smallest absolute Gasteiger partial charge is 0.328 e. The lowest BCUT2D eigenvalue weighted by Gasteiger charge is -2.32. The average molecular weight is 765 g/mol. The molecule has 3 atom stereocenters. The van der Waals surface area contributed by atoms with Gasteiger partial charge < -0.3 is 34.6 Å². The molecule has 298 valence electrons. The Labute approximate surface area is 321 Å². The van der Waals surface area contributed by atoms with Crippen LogP contribution in [0.25, 0.3) is 11.3 Å². The maximum atomic E-state index is 13.6. The second kappa shape index (κ2) is 23.2. The molecule has 0 unspecified atom stereocenters. The van der Waals surface area contributed by atoms with Crippen molar-refractivity contribution in [2.24, 2.45) is 5.92 Å². The summed E-state index contributed by atoms with van der Waals surface area (Å²) in [4.78, 5) is 81.8. The number of hydroxylamine groups is 2. The Morgan fingerprint density at radius 1 is 0.873 bits per heavy atom. The van der Waals surface area contributed by atoms with Gasteiger partial charge in [0.2, 0.25) is 12.3 Å². The Morgan fingerprint density at radius 3 is 2.29 bits per heavy atom. The molecule has 0 aliphatic heterocycles. The molecule has 0 saturated heterocycles. The number of benzene rings is 2. The Bertz CT molecular complexity index is 1710. The predicted octanol–water partition coefficient (Wildman–Crippen LogP) is 4.94. The largest absolute Gasteiger partial charge is 0.493 e. The topological polar surface area (TPSA) is 192 Å². The van der Waals surface area contributed by atoms with E-state index in [-0.39, 0.29) is 42.9 Å². The highest BCUT2D eigenvalue weighted by atomic mass is 16.7. The number of esters is 2. The van der Waals surface area contributed by atoms with Crippen molar-refractivity contribution in [3.63, 3.8) is 0 Å². The molecular weight excluding hydrogens is 712 g/mol. The van der Waals surface area contributed by atoms with E-state index in [1.807, 2.05) is 37.3 Å². The van der Waals surface area contributed by atoms with E-state index in [0.717, 1.165) is 45.5 Å². The van der Waals surface area contributed by atoms with Crippen LogP contribution < -0.4 is 20.7 Å². The summed E-state index contributed by atoms with van der Waals surface area (Å²) < 4.78 is 20.8. The van der Waals surface area contributed by atoms with Gasteiger partial charge in [0.05, 0.1) is 51.4 Å². The number of furan rings is 1. The van der Waals surface area contributed by atoms with Gasteiger partial charge >= 0.3 is 11.9 Å². The first-order chi connectivity index (χ1) is 26.6. The molecule has 0 aliphatic carbocycles. The minimum Gasteiger partial charge on any atom is -0.493 e. The molecule has 0 saturated carbocycles. The number of nitrogens with zero attached hydrogens (tertiary/aromatic N) is 1. The van der Waals surface area contributed by atoms with E-state index in [0.29, 0.717) is 30.6 Å². The third-order valence-electron chi connectivity index (χ3n) is 8.78. The summed E-state index contributed by atoms with van der Waals surface area (Å²) in [6, 6.07) is 15.2. The summed E-state index contributed by atoms with van der Waals surface area (Å²) in [7, 11) is 2.30. The van der Waals surface area contributed by atoms with Gasteiger partial charge in [-0.25, -0.2) is 9.86 Å². The van der Waals surface area contributed by atoms with Crippen LogP contribution in [0.5, 0.6) is 5.75 Å². The molecule has 15 heteroatoms. The van der Waals surface area contributed by atoms with Gasteiger partial charge in [0.15, 0.2) is 5.76 Å². The molecule has 3 rings (SSSR count). The Hall–Kier alpha value is -5.70. The third-order valence-corrected chi connectivity index (χ3v) is 8.78. The molecule has 3 aromatic rings. The van der Waals surface area contributed by atoms with E-state index < -0.39 is 48.2 Å². The predicted molar refractivity (Wildman–Crippen MR) is 201 cm³/mol. The van der Waals surface area contributed by atoms with Crippen LogP contribution in [0.2, 0.25) is 0 Å². The highest BCUT2D eigenvalue weighted by molar-refractivity contribution is 6.00. The monoisotopic (exact) mass is 764 g/mol. The van der Waals surface area contributed by atoms with Crippen LogP contribution in [0.4, 0.5) is 0 Å². The van der Waals surface area contributed by atoms with E-state index in [1.54, 1.807) is 25.1 Å². The maximum absolute atomic E-state index is 13.6. The Kier molecular flexibility index (Phi) is 18.4. The summed E-state index contributed by atoms with van der Waals surface area (Å²) >= 11 is 0. The van der Waals surface area contributed by atoms with Gasteiger partial charge in [-0.05, 0) is 49.6 Å². The zero-order chi connectivity index (χ0) is 40.2. The van der Waals surface area contributed by atoms with Crippen LogP contribution in [0.3, 0.4) is 0 Å². The highest BCUT2D eigenvalue weighted by Crippen LogP contribution is 2.29. The first-order valence-corrected chi connectivity index (χ1v) is 18.4. The molecule has 1 aromatic heterocycles. The molecule has 4 amide bonds. The molecule has 3 N–H and O–H groups in total. The minimum absolute atomic E-state index is 0.0308. The van der Waals surface area contributed by atoms with Gasteiger partial charge in [-0.15, -0.1) is 0 Å². The number of nitrogens with one attached hydrogen (secondary N) is 3. The Morgan fingerprint density at radius 2 is 1.64 bits per heavy atom. The Balaban J connectivity index is 1.68. The fourth-order valence-corrected chi connectivity index (χ4v) is 5.86. The van der Waals surface area contributed by atoms with Crippen LogP contribution in [-0.2, 0) is 40.1 Å². The summed E-state index contributed by atoms with van der Waals surface area (Å²) in [5, 5.41) is 9.14.